The summed E-state index contributed by atoms with van der Waals surface area (Å²) in [6.45, 7) is 6.52. The van der Waals surface area contributed by atoms with Crippen molar-refractivity contribution in [1.29, 1.82) is 0 Å². The first-order chi connectivity index (χ1) is 32.5. The summed E-state index contributed by atoms with van der Waals surface area (Å²) in [5.74, 6) is -0.902. The predicted octanol–water partition coefficient (Wildman–Crippen LogP) is 18.8. The number of esters is 3. The van der Waals surface area contributed by atoms with Gasteiger partial charge in [-0.25, -0.2) is 0 Å². The fraction of sp³-hybridized carbons (Fsp3) is 0.783. The highest BCUT2D eigenvalue weighted by Gasteiger charge is 2.19. The monoisotopic (exact) mass is 923 g/mol. The third-order valence-corrected chi connectivity index (χ3v) is 12.3. The van der Waals surface area contributed by atoms with E-state index in [1.54, 1.807) is 0 Å². The molecule has 0 heterocycles. The standard InChI is InChI=1S/C60H106O6/c1-4-7-10-13-16-19-22-25-27-29-30-32-34-36-39-41-44-47-50-53-59(62)65-56-57(66-60(63)54-51-48-45-42-37-24-21-18-15-12-9-6-3)55-64-58(61)52-49-46-43-40-38-35-33-31-28-26-23-20-17-14-11-8-5-2/h7,10,16,19,25,27,30,32,36,39,57H,4-6,8-9,11-15,17-18,20-24,26,28-29,31,33-35,37-38,40-56H2,1-3H3/b10-7-,19-16-,27-25-,32-30-,39-36-/t57-/m0/s1. The lowest BCUT2D eigenvalue weighted by Crippen LogP contribution is -2.30. The van der Waals surface area contributed by atoms with E-state index in [1.807, 2.05) is 0 Å². The molecule has 0 spiro atoms. The van der Waals surface area contributed by atoms with E-state index in [4.69, 9.17) is 14.2 Å². The minimum Gasteiger partial charge on any atom is -0.462 e. The Morgan fingerprint density at radius 1 is 0.318 bits per heavy atom. The number of hydrogen-bond acceptors (Lipinski definition) is 6. The summed E-state index contributed by atoms with van der Waals surface area (Å²) in [5.41, 5.74) is 0. The Hall–Kier alpha value is -2.89. The number of carbonyl (C=O) groups is 3. The summed E-state index contributed by atoms with van der Waals surface area (Å²) in [6, 6.07) is 0. The normalized spacial score (nSPS) is 12.5. The Morgan fingerprint density at radius 3 is 0.924 bits per heavy atom. The maximum Gasteiger partial charge on any atom is 0.306 e. The van der Waals surface area contributed by atoms with Crippen LogP contribution in [0.3, 0.4) is 0 Å². The van der Waals surface area contributed by atoms with Crippen LogP contribution in [0.2, 0.25) is 0 Å². The highest BCUT2D eigenvalue weighted by molar-refractivity contribution is 5.71. The number of ether oxygens (including phenoxy) is 3. The third-order valence-electron chi connectivity index (χ3n) is 12.3. The molecule has 6 heteroatoms. The van der Waals surface area contributed by atoms with Crippen molar-refractivity contribution in [3.8, 4) is 0 Å². The molecule has 6 nitrogen and oxygen atoms in total. The van der Waals surface area contributed by atoms with Crippen molar-refractivity contribution >= 4 is 17.9 Å². The van der Waals surface area contributed by atoms with Crippen LogP contribution < -0.4 is 0 Å². The van der Waals surface area contributed by atoms with Gasteiger partial charge in [-0.15, -0.1) is 0 Å². The van der Waals surface area contributed by atoms with Crippen molar-refractivity contribution in [2.24, 2.45) is 0 Å². The first-order valence-electron chi connectivity index (χ1n) is 28.3. The summed E-state index contributed by atoms with van der Waals surface area (Å²) in [7, 11) is 0. The molecule has 0 aromatic rings. The molecule has 1 atom stereocenters. The van der Waals surface area contributed by atoms with Gasteiger partial charge in [-0.2, -0.15) is 0 Å². The molecule has 0 saturated heterocycles. The topological polar surface area (TPSA) is 78.9 Å². The highest BCUT2D eigenvalue weighted by atomic mass is 16.6. The molecule has 0 aliphatic rings. The maximum absolute atomic E-state index is 12.8. The van der Waals surface area contributed by atoms with Gasteiger partial charge in [0.2, 0.25) is 0 Å². The van der Waals surface area contributed by atoms with Gasteiger partial charge in [-0.3, -0.25) is 14.4 Å². The van der Waals surface area contributed by atoms with E-state index in [2.05, 4.69) is 81.5 Å². The Labute approximate surface area is 409 Å². The molecule has 0 aliphatic heterocycles. The molecule has 0 aromatic heterocycles. The summed E-state index contributed by atoms with van der Waals surface area (Å²) in [6.07, 6.45) is 67.8. The van der Waals surface area contributed by atoms with E-state index >= 15 is 0 Å². The molecule has 0 radical (unpaired) electrons. The van der Waals surface area contributed by atoms with Crippen molar-refractivity contribution in [2.75, 3.05) is 13.2 Å². The van der Waals surface area contributed by atoms with Crippen LogP contribution in [0, 0.1) is 0 Å². The van der Waals surface area contributed by atoms with Gasteiger partial charge in [0.25, 0.3) is 0 Å². The van der Waals surface area contributed by atoms with Crippen LogP contribution in [0.25, 0.3) is 0 Å². The smallest absolute Gasteiger partial charge is 0.306 e. The molecule has 0 fully saturated rings. The summed E-state index contributed by atoms with van der Waals surface area (Å²) < 4.78 is 16.8. The number of allylic oxidation sites excluding steroid dienone is 10. The third kappa shape index (κ3) is 52.1. The van der Waals surface area contributed by atoms with Gasteiger partial charge in [-0.1, -0.05) is 261 Å². The fourth-order valence-electron chi connectivity index (χ4n) is 8.06. The molecule has 66 heavy (non-hydrogen) atoms. The van der Waals surface area contributed by atoms with E-state index in [1.165, 1.54) is 148 Å². The Kier molecular flexibility index (Phi) is 52.3. The Bertz CT molecular complexity index is 1200. The second-order valence-corrected chi connectivity index (χ2v) is 18.8. The largest absolute Gasteiger partial charge is 0.462 e. The zero-order valence-electron chi connectivity index (χ0n) is 43.7. The second-order valence-electron chi connectivity index (χ2n) is 18.8. The van der Waals surface area contributed by atoms with Crippen LogP contribution in [0.4, 0.5) is 0 Å². The van der Waals surface area contributed by atoms with Gasteiger partial charge < -0.3 is 14.2 Å². The quantitative estimate of drug-likeness (QED) is 0.0262. The van der Waals surface area contributed by atoms with Gasteiger partial charge >= 0.3 is 17.9 Å². The van der Waals surface area contributed by atoms with Crippen molar-refractivity contribution in [3.05, 3.63) is 60.8 Å². The lowest BCUT2D eigenvalue weighted by atomic mass is 10.0. The number of rotatable bonds is 51. The molecule has 0 aliphatic carbocycles. The van der Waals surface area contributed by atoms with Crippen molar-refractivity contribution in [2.45, 2.75) is 290 Å². The minimum absolute atomic E-state index is 0.0808. The average Bonchev–Trinajstić information content (AvgIpc) is 3.31. The number of unbranched alkanes of at least 4 members (excludes halogenated alkanes) is 30. The summed E-state index contributed by atoms with van der Waals surface area (Å²) in [5, 5.41) is 0. The second kappa shape index (κ2) is 54.7. The van der Waals surface area contributed by atoms with E-state index in [9.17, 15) is 14.4 Å². The lowest BCUT2D eigenvalue weighted by Gasteiger charge is -2.18. The summed E-state index contributed by atoms with van der Waals surface area (Å²) in [4.78, 5) is 38.1. The summed E-state index contributed by atoms with van der Waals surface area (Å²) >= 11 is 0. The molecule has 0 bridgehead atoms. The van der Waals surface area contributed by atoms with Crippen molar-refractivity contribution in [1.82, 2.24) is 0 Å². The molecule has 0 rings (SSSR count). The minimum atomic E-state index is -0.784. The molecular formula is C60H106O6. The van der Waals surface area contributed by atoms with Crippen LogP contribution in [-0.4, -0.2) is 37.2 Å². The van der Waals surface area contributed by atoms with Crippen LogP contribution in [0.15, 0.2) is 60.8 Å². The average molecular weight is 924 g/mol. The lowest BCUT2D eigenvalue weighted by molar-refractivity contribution is -0.167. The first-order valence-corrected chi connectivity index (χ1v) is 28.3. The van der Waals surface area contributed by atoms with E-state index in [-0.39, 0.29) is 31.1 Å². The molecule has 382 valence electrons. The molecule has 0 unspecified atom stereocenters. The van der Waals surface area contributed by atoms with Gasteiger partial charge in [0.1, 0.15) is 13.2 Å². The van der Waals surface area contributed by atoms with Crippen molar-refractivity contribution < 1.29 is 28.6 Å². The molecule has 0 amide bonds. The SMILES string of the molecule is CC/C=C\C/C=C\C/C=C\C/C=C\C/C=C\CCCCCC(=O)OC[C@H](COC(=O)CCCCCCCCCCCCCCCCCCC)OC(=O)CCCCCCCCCCCCCC. The predicted molar refractivity (Wildman–Crippen MR) is 284 cm³/mol. The van der Waals surface area contributed by atoms with Gasteiger partial charge in [0.05, 0.1) is 0 Å². The van der Waals surface area contributed by atoms with Crippen LogP contribution >= 0.6 is 0 Å². The first kappa shape index (κ1) is 63.1. The van der Waals surface area contributed by atoms with E-state index in [0.29, 0.717) is 19.3 Å². The van der Waals surface area contributed by atoms with Crippen LogP contribution in [0.1, 0.15) is 284 Å². The number of hydrogen-bond donors (Lipinski definition) is 0. The maximum atomic E-state index is 12.8. The molecule has 0 N–H and O–H groups in total. The van der Waals surface area contributed by atoms with Crippen LogP contribution in [0.5, 0.6) is 0 Å². The fourth-order valence-corrected chi connectivity index (χ4v) is 8.06. The highest BCUT2D eigenvalue weighted by Crippen LogP contribution is 2.16. The number of carbonyl (C=O) groups excluding carboxylic acids is 3. The zero-order chi connectivity index (χ0) is 47.9. The van der Waals surface area contributed by atoms with E-state index in [0.717, 1.165) is 96.3 Å². The van der Waals surface area contributed by atoms with Gasteiger partial charge in [-0.05, 0) is 64.2 Å². The van der Waals surface area contributed by atoms with Gasteiger partial charge in [0, 0.05) is 19.3 Å². The Balaban J connectivity index is 4.37. The van der Waals surface area contributed by atoms with Crippen LogP contribution in [-0.2, 0) is 28.6 Å². The zero-order valence-corrected chi connectivity index (χ0v) is 43.7. The van der Waals surface area contributed by atoms with Crippen molar-refractivity contribution in [3.63, 3.8) is 0 Å². The van der Waals surface area contributed by atoms with E-state index < -0.39 is 6.10 Å². The molecular weight excluding hydrogens is 817 g/mol. The Morgan fingerprint density at radius 2 is 0.591 bits per heavy atom. The van der Waals surface area contributed by atoms with Gasteiger partial charge in [0.15, 0.2) is 6.10 Å². The molecule has 0 aromatic carbocycles. The molecule has 0 saturated carbocycles.